The van der Waals surface area contributed by atoms with Gasteiger partial charge < -0.3 is 19.7 Å². The predicted molar refractivity (Wildman–Crippen MR) is 111 cm³/mol. The SMILES string of the molecule is CCNC(=NCC(C)c1ccccc1OC)N1CCOC(c2cnn(C)c2)C1. The lowest BCUT2D eigenvalue weighted by molar-refractivity contribution is -0.00804. The molecule has 1 saturated heterocycles. The van der Waals surface area contributed by atoms with Crippen LogP contribution in [0.5, 0.6) is 5.75 Å². The first-order valence-electron chi connectivity index (χ1n) is 9.88. The Morgan fingerprint density at radius 3 is 2.96 bits per heavy atom. The van der Waals surface area contributed by atoms with Crippen molar-refractivity contribution in [3.8, 4) is 5.75 Å². The monoisotopic (exact) mass is 385 g/mol. The van der Waals surface area contributed by atoms with Gasteiger partial charge in [-0.3, -0.25) is 9.67 Å². The molecule has 1 fully saturated rings. The summed E-state index contributed by atoms with van der Waals surface area (Å²) in [5.74, 6) is 2.11. The maximum Gasteiger partial charge on any atom is 0.194 e. The zero-order chi connectivity index (χ0) is 19.9. The van der Waals surface area contributed by atoms with Crippen molar-refractivity contribution in [2.24, 2.45) is 12.0 Å². The van der Waals surface area contributed by atoms with Gasteiger partial charge in [0.25, 0.3) is 0 Å². The molecule has 7 nitrogen and oxygen atoms in total. The van der Waals surface area contributed by atoms with Gasteiger partial charge in [0.2, 0.25) is 0 Å². The number of morpholine rings is 1. The summed E-state index contributed by atoms with van der Waals surface area (Å²) in [4.78, 5) is 7.20. The number of aromatic nitrogens is 2. The van der Waals surface area contributed by atoms with Crippen molar-refractivity contribution >= 4 is 5.96 Å². The quantitative estimate of drug-likeness (QED) is 0.612. The molecule has 2 atom stereocenters. The third kappa shape index (κ3) is 4.84. The van der Waals surface area contributed by atoms with Crippen LogP contribution >= 0.6 is 0 Å². The van der Waals surface area contributed by atoms with Crippen molar-refractivity contribution < 1.29 is 9.47 Å². The van der Waals surface area contributed by atoms with Gasteiger partial charge in [0, 0.05) is 44.4 Å². The molecule has 1 N–H and O–H groups in total. The lowest BCUT2D eigenvalue weighted by Gasteiger charge is -2.35. The predicted octanol–water partition coefficient (Wildman–Crippen LogP) is 2.57. The molecule has 7 heteroatoms. The van der Waals surface area contributed by atoms with E-state index in [1.807, 2.05) is 42.3 Å². The fraction of sp³-hybridized carbons (Fsp3) is 0.524. The minimum atomic E-state index is 0.0120. The molecule has 0 saturated carbocycles. The Kier molecular flexibility index (Phi) is 6.92. The molecule has 1 aliphatic rings. The van der Waals surface area contributed by atoms with Crippen molar-refractivity contribution in [3.63, 3.8) is 0 Å². The van der Waals surface area contributed by atoms with Crippen LogP contribution in [0.15, 0.2) is 41.7 Å². The maximum absolute atomic E-state index is 5.97. The molecule has 2 aromatic rings. The molecule has 0 amide bonds. The molecule has 1 aromatic heterocycles. The second-order valence-electron chi connectivity index (χ2n) is 7.09. The normalized spacial score (nSPS) is 18.8. The zero-order valence-corrected chi connectivity index (χ0v) is 17.3. The molecule has 0 radical (unpaired) electrons. The zero-order valence-electron chi connectivity index (χ0n) is 17.3. The Morgan fingerprint density at radius 2 is 2.25 bits per heavy atom. The van der Waals surface area contributed by atoms with Gasteiger partial charge in [-0.15, -0.1) is 0 Å². The molecule has 2 heterocycles. The molecule has 1 aromatic carbocycles. The van der Waals surface area contributed by atoms with E-state index < -0.39 is 0 Å². The summed E-state index contributed by atoms with van der Waals surface area (Å²) in [6.07, 6.45) is 3.90. The first kappa shape index (κ1) is 20.2. The standard InChI is InChI=1S/C21H31N5O2/c1-5-22-21(23-12-16(2)18-8-6-7-9-19(18)27-4)26-10-11-28-20(15-26)17-13-24-25(3)14-17/h6-9,13-14,16,20H,5,10-12,15H2,1-4H3,(H,22,23). The van der Waals surface area contributed by atoms with Gasteiger partial charge >= 0.3 is 0 Å². The van der Waals surface area contributed by atoms with E-state index in [0.717, 1.165) is 36.9 Å². The average molecular weight is 386 g/mol. The number of aryl methyl sites for hydroxylation is 1. The van der Waals surface area contributed by atoms with Crippen LogP contribution < -0.4 is 10.1 Å². The highest BCUT2D eigenvalue weighted by Crippen LogP contribution is 2.26. The molecule has 0 spiro atoms. The number of nitrogens with zero attached hydrogens (tertiary/aromatic N) is 4. The van der Waals surface area contributed by atoms with Crippen molar-refractivity contribution in [1.29, 1.82) is 0 Å². The highest BCUT2D eigenvalue weighted by molar-refractivity contribution is 5.80. The number of ether oxygens (including phenoxy) is 2. The van der Waals surface area contributed by atoms with Crippen molar-refractivity contribution in [3.05, 3.63) is 47.8 Å². The molecule has 3 rings (SSSR count). The van der Waals surface area contributed by atoms with Gasteiger partial charge in [0.15, 0.2) is 5.96 Å². The fourth-order valence-corrected chi connectivity index (χ4v) is 3.47. The molecular weight excluding hydrogens is 354 g/mol. The summed E-state index contributed by atoms with van der Waals surface area (Å²) in [6, 6.07) is 8.15. The summed E-state index contributed by atoms with van der Waals surface area (Å²) in [7, 11) is 3.64. The summed E-state index contributed by atoms with van der Waals surface area (Å²) in [6.45, 7) is 8.06. The van der Waals surface area contributed by atoms with E-state index in [1.54, 1.807) is 7.11 Å². The molecular formula is C21H31N5O2. The smallest absolute Gasteiger partial charge is 0.194 e. The van der Waals surface area contributed by atoms with Crippen LogP contribution in [-0.2, 0) is 11.8 Å². The number of para-hydroxylation sites is 1. The van der Waals surface area contributed by atoms with Crippen molar-refractivity contribution in [2.75, 3.05) is 39.9 Å². The summed E-state index contributed by atoms with van der Waals surface area (Å²) in [5, 5.41) is 7.70. The Morgan fingerprint density at radius 1 is 1.43 bits per heavy atom. The molecule has 0 bridgehead atoms. The van der Waals surface area contributed by atoms with Gasteiger partial charge in [-0.25, -0.2) is 0 Å². The molecule has 2 unspecified atom stereocenters. The highest BCUT2D eigenvalue weighted by atomic mass is 16.5. The van der Waals surface area contributed by atoms with Crippen molar-refractivity contribution in [1.82, 2.24) is 20.0 Å². The molecule has 1 aliphatic heterocycles. The van der Waals surface area contributed by atoms with Crippen LogP contribution in [0.4, 0.5) is 0 Å². The number of guanidine groups is 1. The van der Waals surface area contributed by atoms with E-state index in [9.17, 15) is 0 Å². The largest absolute Gasteiger partial charge is 0.496 e. The second-order valence-corrected chi connectivity index (χ2v) is 7.09. The van der Waals surface area contributed by atoms with Crippen LogP contribution in [0, 0.1) is 0 Å². The van der Waals surface area contributed by atoms with Gasteiger partial charge in [0.05, 0.1) is 26.5 Å². The Hall–Kier alpha value is -2.54. The molecule has 152 valence electrons. The lowest BCUT2D eigenvalue weighted by atomic mass is 10.0. The molecule has 28 heavy (non-hydrogen) atoms. The number of hydrogen-bond acceptors (Lipinski definition) is 4. The minimum Gasteiger partial charge on any atom is -0.496 e. The number of aliphatic imine (C=N–C) groups is 1. The summed E-state index contributed by atoms with van der Waals surface area (Å²) >= 11 is 0. The fourth-order valence-electron chi connectivity index (χ4n) is 3.47. The Labute approximate surface area is 167 Å². The highest BCUT2D eigenvalue weighted by Gasteiger charge is 2.25. The topological polar surface area (TPSA) is 63.9 Å². The van der Waals surface area contributed by atoms with E-state index in [4.69, 9.17) is 14.5 Å². The summed E-state index contributed by atoms with van der Waals surface area (Å²) < 4.78 is 13.3. The summed E-state index contributed by atoms with van der Waals surface area (Å²) in [5.41, 5.74) is 2.28. The maximum atomic E-state index is 5.97. The number of hydrogen-bond donors (Lipinski definition) is 1. The van der Waals surface area contributed by atoms with Gasteiger partial charge in [-0.05, 0) is 18.6 Å². The van der Waals surface area contributed by atoms with E-state index in [0.29, 0.717) is 13.2 Å². The lowest BCUT2D eigenvalue weighted by Crippen LogP contribution is -2.48. The van der Waals surface area contributed by atoms with Crippen LogP contribution in [0.25, 0.3) is 0 Å². The van der Waals surface area contributed by atoms with Gasteiger partial charge in [0.1, 0.15) is 11.9 Å². The van der Waals surface area contributed by atoms with E-state index in [2.05, 4.69) is 35.2 Å². The Bertz CT molecular complexity index is 789. The average Bonchev–Trinajstić information content (AvgIpc) is 3.17. The van der Waals surface area contributed by atoms with Crippen LogP contribution in [-0.4, -0.2) is 60.5 Å². The van der Waals surface area contributed by atoms with Crippen molar-refractivity contribution in [2.45, 2.75) is 25.9 Å². The van der Waals surface area contributed by atoms with E-state index in [-0.39, 0.29) is 12.0 Å². The number of methoxy groups -OCH3 is 1. The minimum absolute atomic E-state index is 0.0120. The third-order valence-corrected chi connectivity index (χ3v) is 4.98. The van der Waals surface area contributed by atoms with Gasteiger partial charge in [-0.2, -0.15) is 5.10 Å². The van der Waals surface area contributed by atoms with E-state index >= 15 is 0 Å². The van der Waals surface area contributed by atoms with Crippen LogP contribution in [0.3, 0.4) is 0 Å². The Balaban J connectivity index is 1.71. The molecule has 0 aliphatic carbocycles. The van der Waals surface area contributed by atoms with Crippen LogP contribution in [0.1, 0.15) is 37.0 Å². The van der Waals surface area contributed by atoms with Crippen LogP contribution in [0.2, 0.25) is 0 Å². The number of benzene rings is 1. The van der Waals surface area contributed by atoms with E-state index in [1.165, 1.54) is 5.56 Å². The number of rotatable bonds is 6. The second kappa shape index (κ2) is 9.59. The third-order valence-electron chi connectivity index (χ3n) is 4.98. The number of nitrogens with one attached hydrogen (secondary N) is 1. The first-order chi connectivity index (χ1) is 13.6. The first-order valence-corrected chi connectivity index (χ1v) is 9.88. The van der Waals surface area contributed by atoms with Gasteiger partial charge in [-0.1, -0.05) is 25.1 Å².